The van der Waals surface area contributed by atoms with Crippen LogP contribution in [0.3, 0.4) is 0 Å². The molecule has 0 saturated carbocycles. The van der Waals surface area contributed by atoms with Gasteiger partial charge in [0.2, 0.25) is 10.0 Å². The van der Waals surface area contributed by atoms with Crippen LogP contribution in [0.4, 0.5) is 0 Å². The van der Waals surface area contributed by atoms with Gasteiger partial charge in [0.15, 0.2) is 0 Å². The molecule has 1 aromatic carbocycles. The molecule has 28 heavy (non-hydrogen) atoms. The molecule has 0 atom stereocenters. The molecule has 0 unspecified atom stereocenters. The van der Waals surface area contributed by atoms with Crippen molar-refractivity contribution in [3.63, 3.8) is 0 Å². The maximum absolute atomic E-state index is 12.9. The highest BCUT2D eigenvalue weighted by molar-refractivity contribution is 7.89. The fourth-order valence-electron chi connectivity index (χ4n) is 2.73. The molecule has 1 aliphatic rings. The molecule has 0 aliphatic carbocycles. The minimum absolute atomic E-state index is 0.00492. The van der Waals surface area contributed by atoms with Crippen molar-refractivity contribution in [3.8, 4) is 0 Å². The summed E-state index contributed by atoms with van der Waals surface area (Å²) in [5.74, 6) is -0.247. The summed E-state index contributed by atoms with van der Waals surface area (Å²) in [4.78, 5) is 12.3. The zero-order valence-corrected chi connectivity index (χ0v) is 17.5. The highest BCUT2D eigenvalue weighted by Gasteiger charge is 2.30. The van der Waals surface area contributed by atoms with Gasteiger partial charge in [-0.1, -0.05) is 28.4 Å². The third kappa shape index (κ3) is 4.18. The normalized spacial score (nSPS) is 15.6. The van der Waals surface area contributed by atoms with Crippen molar-refractivity contribution in [2.75, 3.05) is 26.3 Å². The number of morpholine rings is 1. The number of hydrogen-bond acceptors (Lipinski definition) is 7. The van der Waals surface area contributed by atoms with E-state index in [1.54, 1.807) is 13.8 Å². The van der Waals surface area contributed by atoms with Crippen molar-refractivity contribution in [1.82, 2.24) is 9.46 Å². The molecule has 1 saturated heterocycles. The molecule has 8 nitrogen and oxygen atoms in total. The van der Waals surface area contributed by atoms with E-state index in [2.05, 4.69) is 5.16 Å². The Morgan fingerprint density at radius 1 is 1.21 bits per heavy atom. The van der Waals surface area contributed by atoms with Gasteiger partial charge in [-0.2, -0.15) is 4.31 Å². The minimum atomic E-state index is -3.91. The number of carbonyl (C=O) groups is 1. The van der Waals surface area contributed by atoms with Crippen LogP contribution in [-0.4, -0.2) is 50.2 Å². The van der Waals surface area contributed by atoms with E-state index in [1.165, 1.54) is 10.4 Å². The lowest BCUT2D eigenvalue weighted by Crippen LogP contribution is -2.40. The summed E-state index contributed by atoms with van der Waals surface area (Å²) >= 11 is 12.2. The average Bonchev–Trinajstić information content (AvgIpc) is 2.98. The van der Waals surface area contributed by atoms with Crippen LogP contribution in [0.2, 0.25) is 10.0 Å². The third-order valence-electron chi connectivity index (χ3n) is 4.36. The Bertz CT molecular complexity index is 980. The number of esters is 1. The number of hydrogen-bond donors (Lipinski definition) is 0. The van der Waals surface area contributed by atoms with Crippen molar-refractivity contribution in [2.45, 2.75) is 25.3 Å². The molecule has 11 heteroatoms. The Hall–Kier alpha value is -1.65. The van der Waals surface area contributed by atoms with E-state index in [4.69, 9.17) is 37.2 Å². The van der Waals surface area contributed by atoms with Gasteiger partial charge in [-0.15, -0.1) is 0 Å². The number of aryl methyl sites for hydroxylation is 2. The predicted molar refractivity (Wildman–Crippen MR) is 101 cm³/mol. The Labute approximate surface area is 172 Å². The van der Waals surface area contributed by atoms with E-state index in [-0.39, 0.29) is 53.4 Å². The van der Waals surface area contributed by atoms with Gasteiger partial charge < -0.3 is 14.0 Å². The van der Waals surface area contributed by atoms with E-state index < -0.39 is 16.0 Å². The predicted octanol–water partition coefficient (Wildman–Crippen LogP) is 2.98. The van der Waals surface area contributed by atoms with Gasteiger partial charge in [-0.25, -0.2) is 13.2 Å². The van der Waals surface area contributed by atoms with Gasteiger partial charge in [0, 0.05) is 13.1 Å². The first-order valence-electron chi connectivity index (χ1n) is 8.37. The smallest absolute Gasteiger partial charge is 0.340 e. The molecule has 1 aliphatic heterocycles. The SMILES string of the molecule is Cc1noc(C)c1COC(=O)c1cc(S(=O)(=O)N2CCOCC2)c(Cl)cc1Cl. The van der Waals surface area contributed by atoms with E-state index in [0.29, 0.717) is 17.0 Å². The second-order valence-electron chi connectivity index (χ2n) is 6.16. The average molecular weight is 449 g/mol. The fourth-order valence-corrected chi connectivity index (χ4v) is 4.97. The zero-order chi connectivity index (χ0) is 20.5. The highest BCUT2D eigenvalue weighted by atomic mass is 35.5. The van der Waals surface area contributed by atoms with Gasteiger partial charge >= 0.3 is 5.97 Å². The molecule has 0 amide bonds. The summed E-state index contributed by atoms with van der Waals surface area (Å²) < 4.78 is 42.5. The summed E-state index contributed by atoms with van der Waals surface area (Å²) in [6, 6.07) is 2.37. The van der Waals surface area contributed by atoms with Crippen molar-refractivity contribution >= 4 is 39.2 Å². The second kappa shape index (κ2) is 8.38. The van der Waals surface area contributed by atoms with Crippen molar-refractivity contribution in [2.24, 2.45) is 0 Å². The Morgan fingerprint density at radius 2 is 1.89 bits per heavy atom. The molecule has 0 bridgehead atoms. The number of rotatable bonds is 5. The monoisotopic (exact) mass is 448 g/mol. The summed E-state index contributed by atoms with van der Waals surface area (Å²) in [6.45, 7) is 4.33. The van der Waals surface area contributed by atoms with E-state index in [1.807, 2.05) is 0 Å². The number of ether oxygens (including phenoxy) is 2. The maximum Gasteiger partial charge on any atom is 0.340 e. The standard InChI is InChI=1S/C17H18Cl2N2O6S/c1-10-13(11(2)27-20-10)9-26-17(22)12-7-16(15(19)8-14(12)18)28(23,24)21-3-5-25-6-4-21/h7-8H,3-6,9H2,1-2H3. The van der Waals surface area contributed by atoms with E-state index >= 15 is 0 Å². The van der Waals surface area contributed by atoms with Crippen LogP contribution in [0.5, 0.6) is 0 Å². The summed E-state index contributed by atoms with van der Waals surface area (Å²) in [6.07, 6.45) is 0. The lowest BCUT2D eigenvalue weighted by Gasteiger charge is -2.26. The first-order valence-corrected chi connectivity index (χ1v) is 10.6. The molecular weight excluding hydrogens is 431 g/mol. The van der Waals surface area contributed by atoms with Crippen LogP contribution in [0.15, 0.2) is 21.6 Å². The summed E-state index contributed by atoms with van der Waals surface area (Å²) in [5, 5.41) is 3.71. The van der Waals surface area contributed by atoms with Crippen LogP contribution >= 0.6 is 23.2 Å². The third-order valence-corrected chi connectivity index (χ3v) is 7.03. The first-order chi connectivity index (χ1) is 13.2. The number of sulfonamides is 1. The number of aromatic nitrogens is 1. The molecule has 1 aromatic heterocycles. The number of halogens is 2. The van der Waals surface area contributed by atoms with Gasteiger partial charge in [-0.05, 0) is 26.0 Å². The molecule has 0 radical (unpaired) electrons. The van der Waals surface area contributed by atoms with Gasteiger partial charge in [-0.3, -0.25) is 0 Å². The van der Waals surface area contributed by atoms with Crippen LogP contribution in [0, 0.1) is 13.8 Å². The Morgan fingerprint density at radius 3 is 2.50 bits per heavy atom. The number of nitrogens with zero attached hydrogens (tertiary/aromatic N) is 2. The topological polar surface area (TPSA) is 98.9 Å². The molecule has 2 heterocycles. The van der Waals surface area contributed by atoms with Gasteiger partial charge in [0.1, 0.15) is 17.3 Å². The molecule has 0 spiro atoms. The van der Waals surface area contributed by atoms with Crippen LogP contribution in [0.25, 0.3) is 0 Å². The maximum atomic E-state index is 12.9. The molecular formula is C17H18Cl2N2O6S. The Kier molecular flexibility index (Phi) is 6.31. The van der Waals surface area contributed by atoms with E-state index in [0.717, 1.165) is 6.07 Å². The van der Waals surface area contributed by atoms with Gasteiger partial charge in [0.05, 0.1) is 40.1 Å². The van der Waals surface area contributed by atoms with Crippen LogP contribution < -0.4 is 0 Å². The first kappa shape index (κ1) is 21.1. The number of carbonyl (C=O) groups excluding carboxylic acids is 1. The molecule has 0 N–H and O–H groups in total. The van der Waals surface area contributed by atoms with Crippen molar-refractivity contribution in [1.29, 1.82) is 0 Å². The van der Waals surface area contributed by atoms with E-state index in [9.17, 15) is 13.2 Å². The molecule has 3 rings (SSSR count). The second-order valence-corrected chi connectivity index (χ2v) is 8.88. The minimum Gasteiger partial charge on any atom is -0.457 e. The Balaban J connectivity index is 1.87. The summed E-state index contributed by atoms with van der Waals surface area (Å²) in [5.41, 5.74) is 1.15. The summed E-state index contributed by atoms with van der Waals surface area (Å²) in [7, 11) is -3.91. The zero-order valence-electron chi connectivity index (χ0n) is 15.2. The largest absolute Gasteiger partial charge is 0.457 e. The lowest BCUT2D eigenvalue weighted by molar-refractivity contribution is 0.0470. The van der Waals surface area contributed by atoms with Gasteiger partial charge in [0.25, 0.3) is 0 Å². The molecule has 152 valence electrons. The molecule has 2 aromatic rings. The van der Waals surface area contributed by atoms with Crippen LogP contribution in [-0.2, 0) is 26.1 Å². The molecule has 1 fully saturated rings. The fraction of sp³-hybridized carbons (Fsp3) is 0.412. The van der Waals surface area contributed by atoms with Crippen molar-refractivity contribution in [3.05, 3.63) is 44.8 Å². The highest BCUT2D eigenvalue weighted by Crippen LogP contribution is 2.31. The lowest BCUT2D eigenvalue weighted by atomic mass is 10.2. The number of benzene rings is 1. The quantitative estimate of drug-likeness (QED) is 0.648. The van der Waals surface area contributed by atoms with Crippen LogP contribution in [0.1, 0.15) is 27.4 Å². The van der Waals surface area contributed by atoms with Crippen molar-refractivity contribution < 1.29 is 27.2 Å².